The van der Waals surface area contributed by atoms with E-state index in [4.69, 9.17) is 11.6 Å². The van der Waals surface area contributed by atoms with Gasteiger partial charge in [-0.05, 0) is 18.6 Å². The van der Waals surface area contributed by atoms with E-state index in [0.717, 1.165) is 11.1 Å². The molecule has 0 bridgehead atoms. The van der Waals surface area contributed by atoms with E-state index in [1.54, 1.807) is 0 Å². The number of likely N-dealkylation sites (tertiary alicyclic amines) is 1. The van der Waals surface area contributed by atoms with Gasteiger partial charge in [-0.15, -0.1) is 11.3 Å². The highest BCUT2D eigenvalue weighted by Gasteiger charge is 2.45. The molecule has 2 N–H and O–H groups in total. The third kappa shape index (κ3) is 4.48. The molecule has 0 aliphatic carbocycles. The van der Waals surface area contributed by atoms with Crippen LogP contribution in [0.15, 0.2) is 18.5 Å². The molecule has 1 saturated heterocycles. The van der Waals surface area contributed by atoms with Crippen molar-refractivity contribution in [3.63, 3.8) is 0 Å². The van der Waals surface area contributed by atoms with Crippen LogP contribution in [0.1, 0.15) is 23.9 Å². The fraction of sp³-hybridized carbons (Fsp3) is 0.412. The maximum atomic E-state index is 13.9. The first kappa shape index (κ1) is 22.2. The van der Waals surface area contributed by atoms with E-state index in [1.165, 1.54) is 19.2 Å². The fourth-order valence-electron chi connectivity index (χ4n) is 3.10. The summed E-state index contributed by atoms with van der Waals surface area (Å²) in [7, 11) is 0. The Bertz CT molecular complexity index is 971. The van der Waals surface area contributed by atoms with Gasteiger partial charge in [0, 0.05) is 25.4 Å². The van der Waals surface area contributed by atoms with Crippen LogP contribution in [0.5, 0.6) is 0 Å². The molecule has 1 aliphatic heterocycles. The number of carbonyl (C=O) groups is 2. The summed E-state index contributed by atoms with van der Waals surface area (Å²) < 4.78 is 52.1. The molecular formula is C17H15ClF4N4O3S. The molecule has 3 heterocycles. The third-order valence-electron chi connectivity index (χ3n) is 4.66. The van der Waals surface area contributed by atoms with Gasteiger partial charge in [0.05, 0.1) is 21.6 Å². The topological polar surface area (TPSA) is 95.4 Å². The summed E-state index contributed by atoms with van der Waals surface area (Å²) >= 11 is 6.47. The molecule has 1 aliphatic rings. The van der Waals surface area contributed by atoms with Crippen molar-refractivity contribution in [1.29, 1.82) is 0 Å². The van der Waals surface area contributed by atoms with Crippen LogP contribution >= 0.6 is 22.9 Å². The standard InChI is InChI=1S/C17H15ClF4N4O3S/c1-7-10(19)3-12(26(7)16(28)29)14(27)24-4-8-2-11(23-5-9(8)18)13-6-25-15(30-13)17(20,21)22/h2,5-7,10,12H,3-4H2,1H3,(H,24,27)(H,28,29). The van der Waals surface area contributed by atoms with Crippen LogP contribution in [-0.4, -0.2) is 50.2 Å². The summed E-state index contributed by atoms with van der Waals surface area (Å²) in [6, 6.07) is -0.743. The van der Waals surface area contributed by atoms with Crippen LogP contribution in [0.3, 0.4) is 0 Å². The van der Waals surface area contributed by atoms with Crippen molar-refractivity contribution >= 4 is 34.9 Å². The van der Waals surface area contributed by atoms with Crippen LogP contribution in [0.25, 0.3) is 10.6 Å². The van der Waals surface area contributed by atoms with Gasteiger partial charge in [0.2, 0.25) is 5.91 Å². The van der Waals surface area contributed by atoms with Gasteiger partial charge in [-0.1, -0.05) is 11.6 Å². The smallest absolute Gasteiger partial charge is 0.443 e. The zero-order chi connectivity index (χ0) is 22.2. The lowest BCUT2D eigenvalue weighted by Gasteiger charge is -2.24. The fourth-order valence-corrected chi connectivity index (χ4v) is 4.02. The lowest BCUT2D eigenvalue weighted by Crippen LogP contribution is -2.47. The summed E-state index contributed by atoms with van der Waals surface area (Å²) in [5.74, 6) is -0.698. The van der Waals surface area contributed by atoms with Gasteiger partial charge in [0.1, 0.15) is 12.2 Å². The molecule has 1 fully saturated rings. The molecule has 2 aromatic rings. The largest absolute Gasteiger partial charge is 0.465 e. The molecule has 2 aromatic heterocycles. The van der Waals surface area contributed by atoms with Crippen LogP contribution in [0.4, 0.5) is 22.4 Å². The first-order chi connectivity index (χ1) is 14.0. The summed E-state index contributed by atoms with van der Waals surface area (Å²) in [5, 5.41) is 10.9. The lowest BCUT2D eigenvalue weighted by atomic mass is 10.1. The number of nitrogens with one attached hydrogen (secondary N) is 1. The second-order valence-corrected chi connectivity index (χ2v) is 8.04. The number of carbonyl (C=O) groups excluding carboxylic acids is 1. The third-order valence-corrected chi connectivity index (χ3v) is 6.06. The van der Waals surface area contributed by atoms with Crippen molar-refractivity contribution in [3.8, 4) is 10.6 Å². The number of rotatable bonds is 4. The highest BCUT2D eigenvalue weighted by atomic mass is 35.5. The minimum Gasteiger partial charge on any atom is -0.465 e. The second kappa shape index (κ2) is 8.34. The summed E-state index contributed by atoms with van der Waals surface area (Å²) in [4.78, 5) is 32.0. The van der Waals surface area contributed by atoms with Gasteiger partial charge in [-0.2, -0.15) is 13.2 Å². The van der Waals surface area contributed by atoms with Crippen LogP contribution < -0.4 is 5.32 Å². The Morgan fingerprint density at radius 1 is 1.37 bits per heavy atom. The first-order valence-corrected chi connectivity index (χ1v) is 9.79. The highest BCUT2D eigenvalue weighted by molar-refractivity contribution is 7.15. The number of halogens is 5. The normalized spacial score (nSPS) is 21.7. The summed E-state index contributed by atoms with van der Waals surface area (Å²) in [6.45, 7) is 1.23. The van der Waals surface area contributed by atoms with Crippen molar-refractivity contribution in [2.75, 3.05) is 0 Å². The Morgan fingerprint density at radius 3 is 2.67 bits per heavy atom. The van der Waals surface area contributed by atoms with E-state index < -0.39 is 41.4 Å². The summed E-state index contributed by atoms with van der Waals surface area (Å²) in [6.07, 6.45) is -5.45. The number of nitrogens with zero attached hydrogens (tertiary/aromatic N) is 3. The highest BCUT2D eigenvalue weighted by Crippen LogP contribution is 2.36. The van der Waals surface area contributed by atoms with Crippen LogP contribution in [-0.2, 0) is 17.5 Å². The molecule has 0 saturated carbocycles. The van der Waals surface area contributed by atoms with E-state index >= 15 is 0 Å². The van der Waals surface area contributed by atoms with E-state index in [0.29, 0.717) is 16.9 Å². The molecule has 0 radical (unpaired) electrons. The quantitative estimate of drug-likeness (QED) is 0.665. The predicted molar refractivity (Wildman–Crippen MR) is 99.8 cm³/mol. The van der Waals surface area contributed by atoms with Gasteiger partial charge in [0.25, 0.3) is 0 Å². The van der Waals surface area contributed by atoms with Gasteiger partial charge in [-0.3, -0.25) is 14.7 Å². The Hall–Kier alpha value is -2.47. The molecular weight excluding hydrogens is 452 g/mol. The van der Waals surface area contributed by atoms with Crippen molar-refractivity contribution in [2.45, 2.75) is 44.3 Å². The van der Waals surface area contributed by atoms with E-state index in [-0.39, 0.29) is 28.6 Å². The van der Waals surface area contributed by atoms with Crippen LogP contribution in [0, 0.1) is 0 Å². The Kier molecular flexibility index (Phi) is 6.18. The second-order valence-electron chi connectivity index (χ2n) is 6.60. The van der Waals surface area contributed by atoms with E-state index in [2.05, 4.69) is 15.3 Å². The number of amides is 2. The SMILES string of the molecule is CC1C(F)CC(C(=O)NCc2cc(-c3cnc(C(F)(F)F)s3)ncc2Cl)N1C(=O)O. The number of aromatic nitrogens is 2. The molecule has 3 unspecified atom stereocenters. The molecule has 30 heavy (non-hydrogen) atoms. The molecule has 13 heteroatoms. The zero-order valence-electron chi connectivity index (χ0n) is 15.3. The van der Waals surface area contributed by atoms with E-state index in [1.807, 2.05) is 0 Å². The number of hydrogen-bond donors (Lipinski definition) is 2. The minimum atomic E-state index is -4.57. The maximum absolute atomic E-state index is 13.9. The molecule has 3 rings (SSSR count). The summed E-state index contributed by atoms with van der Waals surface area (Å²) in [5.41, 5.74) is 0.531. The number of alkyl halides is 4. The average molecular weight is 467 g/mol. The van der Waals surface area contributed by atoms with Crippen molar-refractivity contribution in [1.82, 2.24) is 20.2 Å². The number of carboxylic acid groups (broad SMARTS) is 1. The molecule has 0 spiro atoms. The Balaban J connectivity index is 1.74. The monoisotopic (exact) mass is 466 g/mol. The van der Waals surface area contributed by atoms with Crippen LogP contribution in [0.2, 0.25) is 5.02 Å². The van der Waals surface area contributed by atoms with Gasteiger partial charge in [-0.25, -0.2) is 14.2 Å². The van der Waals surface area contributed by atoms with Gasteiger partial charge < -0.3 is 10.4 Å². The zero-order valence-corrected chi connectivity index (χ0v) is 16.9. The maximum Gasteiger partial charge on any atom is 0.443 e. The van der Waals surface area contributed by atoms with Crippen molar-refractivity contribution < 1.29 is 32.3 Å². The number of hydrogen-bond acceptors (Lipinski definition) is 5. The van der Waals surface area contributed by atoms with Crippen molar-refractivity contribution in [2.24, 2.45) is 0 Å². The molecule has 162 valence electrons. The average Bonchev–Trinajstić information content (AvgIpc) is 3.26. The minimum absolute atomic E-state index is 0.145. The molecule has 3 atom stereocenters. The first-order valence-electron chi connectivity index (χ1n) is 8.60. The molecule has 7 nitrogen and oxygen atoms in total. The lowest BCUT2D eigenvalue weighted by molar-refractivity contribution is -0.137. The molecule has 2 amide bonds. The van der Waals surface area contributed by atoms with Gasteiger partial charge >= 0.3 is 12.3 Å². The van der Waals surface area contributed by atoms with Gasteiger partial charge in [0.15, 0.2) is 5.01 Å². The Morgan fingerprint density at radius 2 is 2.07 bits per heavy atom. The Labute approximate surface area is 176 Å². The number of pyridine rings is 1. The predicted octanol–water partition coefficient (Wildman–Crippen LogP) is 3.97. The van der Waals surface area contributed by atoms with E-state index in [9.17, 15) is 32.3 Å². The number of thiazole rings is 1. The van der Waals surface area contributed by atoms with Crippen molar-refractivity contribution in [3.05, 3.63) is 34.1 Å². The molecule has 0 aromatic carbocycles.